The molecule has 1 unspecified atom stereocenters. The molecule has 0 aliphatic carbocycles. The molecule has 5 heteroatoms. The number of piperidine rings is 1. The molecule has 0 spiro atoms. The number of likely N-dealkylation sites (tertiary alicyclic amines) is 1. The number of rotatable bonds is 3. The lowest BCUT2D eigenvalue weighted by Gasteiger charge is -2.37. The molecule has 0 bridgehead atoms. The maximum Gasteiger partial charge on any atom is 0.337 e. The predicted octanol–water partition coefficient (Wildman–Crippen LogP) is 1.59. The van der Waals surface area contributed by atoms with Crippen molar-refractivity contribution in [1.82, 2.24) is 4.90 Å². The Morgan fingerprint density at radius 1 is 1.50 bits per heavy atom. The van der Waals surface area contributed by atoms with Crippen LogP contribution in [0.4, 0.5) is 11.4 Å². The lowest BCUT2D eigenvalue weighted by Crippen LogP contribution is -2.45. The second-order valence-corrected chi connectivity index (χ2v) is 5.43. The van der Waals surface area contributed by atoms with E-state index < -0.39 is 0 Å². The highest BCUT2D eigenvalue weighted by Gasteiger charge is 2.22. The van der Waals surface area contributed by atoms with Crippen molar-refractivity contribution in [2.75, 3.05) is 44.9 Å². The van der Waals surface area contributed by atoms with Gasteiger partial charge in [-0.2, -0.15) is 0 Å². The second-order valence-electron chi connectivity index (χ2n) is 5.43. The molecule has 2 rings (SSSR count). The number of carbonyl (C=O) groups excluding carboxylic acids is 1. The fourth-order valence-corrected chi connectivity index (χ4v) is 2.77. The minimum atomic E-state index is -0.358. The van der Waals surface area contributed by atoms with Crippen molar-refractivity contribution >= 4 is 17.3 Å². The van der Waals surface area contributed by atoms with Crippen LogP contribution in [0.15, 0.2) is 18.2 Å². The summed E-state index contributed by atoms with van der Waals surface area (Å²) in [5.74, 6) is -0.358. The largest absolute Gasteiger partial charge is 0.465 e. The quantitative estimate of drug-likeness (QED) is 0.671. The van der Waals surface area contributed by atoms with Crippen LogP contribution in [0.1, 0.15) is 23.2 Å². The van der Waals surface area contributed by atoms with Crippen molar-refractivity contribution in [2.45, 2.75) is 18.9 Å². The minimum Gasteiger partial charge on any atom is -0.465 e. The SMILES string of the molecule is COC(=O)c1ccc(N(C)C2CCCN(C)C2)c(N)c1. The Kier molecular flexibility index (Phi) is 4.49. The number of methoxy groups -OCH3 is 1. The molecule has 0 amide bonds. The average Bonchev–Trinajstić information content (AvgIpc) is 2.45. The molecule has 0 saturated carbocycles. The van der Waals surface area contributed by atoms with Crippen molar-refractivity contribution < 1.29 is 9.53 Å². The third kappa shape index (κ3) is 3.04. The number of nitrogen functional groups attached to an aromatic ring is 1. The predicted molar refractivity (Wildman–Crippen MR) is 81.1 cm³/mol. The van der Waals surface area contributed by atoms with E-state index in [4.69, 9.17) is 10.5 Å². The summed E-state index contributed by atoms with van der Waals surface area (Å²) in [5.41, 5.74) is 8.17. The molecule has 1 saturated heterocycles. The summed E-state index contributed by atoms with van der Waals surface area (Å²) >= 11 is 0. The first kappa shape index (κ1) is 14.7. The van der Waals surface area contributed by atoms with Crippen molar-refractivity contribution in [3.63, 3.8) is 0 Å². The van der Waals surface area contributed by atoms with Gasteiger partial charge >= 0.3 is 5.97 Å². The van der Waals surface area contributed by atoms with Gasteiger partial charge in [-0.15, -0.1) is 0 Å². The summed E-state index contributed by atoms with van der Waals surface area (Å²) in [4.78, 5) is 16.0. The number of nitrogens with two attached hydrogens (primary N) is 1. The summed E-state index contributed by atoms with van der Waals surface area (Å²) in [6.45, 7) is 2.19. The second kappa shape index (κ2) is 6.13. The van der Waals surface area contributed by atoms with E-state index in [0.717, 1.165) is 18.8 Å². The highest BCUT2D eigenvalue weighted by Crippen LogP contribution is 2.27. The Bertz CT molecular complexity index is 490. The average molecular weight is 277 g/mol. The summed E-state index contributed by atoms with van der Waals surface area (Å²) in [7, 11) is 5.58. The first-order chi connectivity index (χ1) is 9.52. The molecule has 110 valence electrons. The zero-order chi connectivity index (χ0) is 14.7. The number of benzene rings is 1. The molecule has 1 atom stereocenters. The van der Waals surface area contributed by atoms with E-state index in [-0.39, 0.29) is 5.97 Å². The molecule has 20 heavy (non-hydrogen) atoms. The van der Waals surface area contributed by atoms with Gasteiger partial charge in [0, 0.05) is 19.6 Å². The molecular formula is C15H23N3O2. The van der Waals surface area contributed by atoms with Crippen LogP contribution < -0.4 is 10.6 Å². The number of likely N-dealkylation sites (N-methyl/N-ethyl adjacent to an activating group) is 2. The van der Waals surface area contributed by atoms with Gasteiger partial charge in [0.1, 0.15) is 0 Å². The van der Waals surface area contributed by atoms with Crippen molar-refractivity contribution in [3.8, 4) is 0 Å². The van der Waals surface area contributed by atoms with Crippen LogP contribution in [0.2, 0.25) is 0 Å². The number of nitrogens with zero attached hydrogens (tertiary/aromatic N) is 2. The van der Waals surface area contributed by atoms with Gasteiger partial charge in [0.15, 0.2) is 0 Å². The number of esters is 1. The standard InChI is InChI=1S/C15H23N3O2/c1-17-8-4-5-12(10-17)18(2)14-7-6-11(9-13(14)16)15(19)20-3/h6-7,9,12H,4-5,8,10,16H2,1-3H3. The first-order valence-corrected chi connectivity index (χ1v) is 6.92. The molecular weight excluding hydrogens is 254 g/mol. The van der Waals surface area contributed by atoms with Crippen molar-refractivity contribution in [1.29, 1.82) is 0 Å². The monoisotopic (exact) mass is 277 g/mol. The van der Waals surface area contributed by atoms with E-state index in [0.29, 0.717) is 17.3 Å². The van der Waals surface area contributed by atoms with Gasteiger partial charge in [-0.25, -0.2) is 4.79 Å². The zero-order valence-electron chi connectivity index (χ0n) is 12.4. The van der Waals surface area contributed by atoms with Crippen LogP contribution in [0.5, 0.6) is 0 Å². The van der Waals surface area contributed by atoms with Gasteiger partial charge in [0.05, 0.1) is 24.0 Å². The van der Waals surface area contributed by atoms with Gasteiger partial charge in [-0.3, -0.25) is 0 Å². The van der Waals surface area contributed by atoms with Crippen LogP contribution in [-0.2, 0) is 4.74 Å². The molecule has 1 aromatic rings. The minimum absolute atomic E-state index is 0.358. The number of ether oxygens (including phenoxy) is 1. The van der Waals surface area contributed by atoms with E-state index in [1.54, 1.807) is 12.1 Å². The third-order valence-corrected chi connectivity index (χ3v) is 3.98. The number of anilines is 2. The molecule has 1 heterocycles. The maximum absolute atomic E-state index is 11.5. The van der Waals surface area contributed by atoms with Crippen molar-refractivity contribution in [3.05, 3.63) is 23.8 Å². The third-order valence-electron chi connectivity index (χ3n) is 3.98. The summed E-state index contributed by atoms with van der Waals surface area (Å²) in [6, 6.07) is 5.81. The van der Waals surface area contributed by atoms with Crippen LogP contribution in [0, 0.1) is 0 Å². The Morgan fingerprint density at radius 2 is 2.25 bits per heavy atom. The molecule has 5 nitrogen and oxygen atoms in total. The molecule has 2 N–H and O–H groups in total. The highest BCUT2D eigenvalue weighted by atomic mass is 16.5. The lowest BCUT2D eigenvalue weighted by atomic mass is 10.0. The molecule has 1 aliphatic heterocycles. The van der Waals surface area contributed by atoms with Gasteiger partial charge in [0.2, 0.25) is 0 Å². The van der Waals surface area contributed by atoms with Crippen molar-refractivity contribution in [2.24, 2.45) is 0 Å². The topological polar surface area (TPSA) is 58.8 Å². The fraction of sp³-hybridized carbons (Fsp3) is 0.533. The van der Waals surface area contributed by atoms with E-state index in [1.165, 1.54) is 20.0 Å². The number of hydrogen-bond acceptors (Lipinski definition) is 5. The summed E-state index contributed by atoms with van der Waals surface area (Å²) in [6.07, 6.45) is 2.37. The Labute approximate surface area is 120 Å². The molecule has 1 fully saturated rings. The van der Waals surface area contributed by atoms with Crippen LogP contribution in [-0.4, -0.2) is 51.2 Å². The van der Waals surface area contributed by atoms with Gasteiger partial charge in [-0.1, -0.05) is 0 Å². The zero-order valence-corrected chi connectivity index (χ0v) is 12.4. The van der Waals surface area contributed by atoms with Gasteiger partial charge in [0.25, 0.3) is 0 Å². The number of hydrogen-bond donors (Lipinski definition) is 1. The van der Waals surface area contributed by atoms with Gasteiger partial charge < -0.3 is 20.3 Å². The Hall–Kier alpha value is -1.75. The number of carbonyl (C=O) groups is 1. The van der Waals surface area contributed by atoms with Crippen LogP contribution in [0.3, 0.4) is 0 Å². The van der Waals surface area contributed by atoms with E-state index in [2.05, 4.69) is 23.9 Å². The molecule has 1 aliphatic rings. The Balaban J connectivity index is 2.17. The summed E-state index contributed by atoms with van der Waals surface area (Å²) < 4.78 is 4.71. The smallest absolute Gasteiger partial charge is 0.337 e. The van der Waals surface area contributed by atoms with Crippen LogP contribution >= 0.6 is 0 Å². The van der Waals surface area contributed by atoms with E-state index in [9.17, 15) is 4.79 Å². The first-order valence-electron chi connectivity index (χ1n) is 6.92. The maximum atomic E-state index is 11.5. The highest BCUT2D eigenvalue weighted by molar-refractivity contribution is 5.92. The van der Waals surface area contributed by atoms with Gasteiger partial charge in [-0.05, 0) is 44.6 Å². The van der Waals surface area contributed by atoms with Crippen LogP contribution in [0.25, 0.3) is 0 Å². The molecule has 0 aromatic heterocycles. The fourth-order valence-electron chi connectivity index (χ4n) is 2.77. The molecule has 1 aromatic carbocycles. The lowest BCUT2D eigenvalue weighted by molar-refractivity contribution is 0.0601. The van der Waals surface area contributed by atoms with E-state index >= 15 is 0 Å². The normalized spacial score (nSPS) is 19.6. The molecule has 0 radical (unpaired) electrons. The van der Waals surface area contributed by atoms with E-state index in [1.807, 2.05) is 6.07 Å². The Morgan fingerprint density at radius 3 is 2.85 bits per heavy atom. The summed E-state index contributed by atoms with van der Waals surface area (Å²) in [5, 5.41) is 0.